The zero-order valence-electron chi connectivity index (χ0n) is 9.19. The van der Waals surface area contributed by atoms with Crippen molar-refractivity contribution in [3.8, 4) is 0 Å². The highest BCUT2D eigenvalue weighted by Crippen LogP contribution is 2.14. The third-order valence-corrected chi connectivity index (χ3v) is 2.17. The quantitative estimate of drug-likeness (QED) is 0.789. The molecule has 0 bridgehead atoms. The first kappa shape index (κ1) is 12.2. The lowest BCUT2D eigenvalue weighted by Crippen LogP contribution is -2.27. The number of amides is 2. The van der Waals surface area contributed by atoms with Crippen LogP contribution in [0.5, 0.6) is 0 Å². The number of methoxy groups -OCH3 is 1. The Morgan fingerprint density at radius 2 is 2.00 bits per heavy atom. The second kappa shape index (κ2) is 5.27. The highest BCUT2D eigenvalue weighted by molar-refractivity contribution is 6.03. The fraction of sp³-hybridized carbons (Fsp3) is 0.273. The number of carbonyl (C=O) groups excluding carboxylic acids is 2. The molecule has 5 nitrogen and oxygen atoms in total. The summed E-state index contributed by atoms with van der Waals surface area (Å²) in [6.45, 7) is 1.61. The normalized spacial score (nSPS) is 11.9. The molecule has 0 heterocycles. The van der Waals surface area contributed by atoms with Gasteiger partial charge in [0, 0.05) is 7.11 Å². The topological polar surface area (TPSA) is 81.4 Å². The molecule has 0 aliphatic heterocycles. The number of rotatable bonds is 4. The average Bonchev–Trinajstić information content (AvgIpc) is 2.28. The lowest BCUT2D eigenvalue weighted by atomic mass is 10.1. The Hall–Kier alpha value is -1.88. The standard InChI is InChI=1S/C11H14N2O3/c1-7(16-2)11(15)13-9-6-4-3-5-8(9)10(12)14/h3-7H,1-2H3,(H2,12,14)(H,13,15). The summed E-state index contributed by atoms with van der Waals surface area (Å²) in [7, 11) is 1.43. The maximum absolute atomic E-state index is 11.5. The van der Waals surface area contributed by atoms with Crippen molar-refractivity contribution in [1.29, 1.82) is 0 Å². The van der Waals surface area contributed by atoms with Gasteiger partial charge in [-0.15, -0.1) is 0 Å². The molecule has 1 atom stereocenters. The predicted octanol–water partition coefficient (Wildman–Crippen LogP) is 0.759. The molecule has 0 aromatic heterocycles. The van der Waals surface area contributed by atoms with Crippen LogP contribution in [-0.2, 0) is 9.53 Å². The molecule has 2 amide bonds. The number of para-hydroxylation sites is 1. The van der Waals surface area contributed by atoms with Gasteiger partial charge in [-0.05, 0) is 19.1 Å². The summed E-state index contributed by atoms with van der Waals surface area (Å²) in [5.74, 6) is -0.905. The number of carbonyl (C=O) groups is 2. The van der Waals surface area contributed by atoms with E-state index in [0.29, 0.717) is 5.69 Å². The molecular weight excluding hydrogens is 208 g/mol. The summed E-state index contributed by atoms with van der Waals surface area (Å²) in [6, 6.07) is 6.55. The molecule has 0 aliphatic rings. The van der Waals surface area contributed by atoms with Crippen molar-refractivity contribution in [2.24, 2.45) is 5.73 Å². The van der Waals surface area contributed by atoms with Crippen molar-refractivity contribution in [3.05, 3.63) is 29.8 Å². The van der Waals surface area contributed by atoms with Gasteiger partial charge in [-0.3, -0.25) is 9.59 Å². The van der Waals surface area contributed by atoms with Crippen LogP contribution in [-0.4, -0.2) is 25.0 Å². The molecule has 1 rings (SSSR count). The first-order valence-corrected chi connectivity index (χ1v) is 4.78. The second-order valence-electron chi connectivity index (χ2n) is 3.28. The van der Waals surface area contributed by atoms with Gasteiger partial charge in [0.2, 0.25) is 0 Å². The zero-order chi connectivity index (χ0) is 12.1. The molecule has 0 spiro atoms. The smallest absolute Gasteiger partial charge is 0.253 e. The van der Waals surface area contributed by atoms with Gasteiger partial charge in [0.15, 0.2) is 0 Å². The summed E-state index contributed by atoms with van der Waals surface area (Å²) in [5.41, 5.74) is 5.85. The molecule has 86 valence electrons. The van der Waals surface area contributed by atoms with Gasteiger partial charge in [-0.25, -0.2) is 0 Å². The largest absolute Gasteiger partial charge is 0.372 e. The molecule has 0 fully saturated rings. The molecule has 0 saturated carbocycles. The van der Waals surface area contributed by atoms with Crippen molar-refractivity contribution < 1.29 is 14.3 Å². The Labute approximate surface area is 93.6 Å². The molecule has 0 aliphatic carbocycles. The van der Waals surface area contributed by atoms with Gasteiger partial charge in [-0.1, -0.05) is 12.1 Å². The first-order valence-electron chi connectivity index (χ1n) is 4.78. The maximum atomic E-state index is 11.5. The molecule has 3 N–H and O–H groups in total. The van der Waals surface area contributed by atoms with Crippen LogP contribution in [0.4, 0.5) is 5.69 Å². The van der Waals surface area contributed by atoms with E-state index in [1.807, 2.05) is 0 Å². The molecule has 1 aromatic carbocycles. The molecule has 0 saturated heterocycles. The Morgan fingerprint density at radius 1 is 1.38 bits per heavy atom. The van der Waals surface area contributed by atoms with Gasteiger partial charge in [0.25, 0.3) is 11.8 Å². The fourth-order valence-electron chi connectivity index (χ4n) is 1.15. The van der Waals surface area contributed by atoms with Gasteiger partial charge in [0.1, 0.15) is 6.10 Å². The third kappa shape index (κ3) is 2.80. The van der Waals surface area contributed by atoms with Gasteiger partial charge < -0.3 is 15.8 Å². The zero-order valence-corrected chi connectivity index (χ0v) is 9.19. The van der Waals surface area contributed by atoms with E-state index >= 15 is 0 Å². The van der Waals surface area contributed by atoms with Crippen LogP contribution in [0.15, 0.2) is 24.3 Å². The van der Waals surface area contributed by atoms with E-state index < -0.39 is 12.0 Å². The minimum Gasteiger partial charge on any atom is -0.372 e. The Kier molecular flexibility index (Phi) is 4.02. The molecular formula is C11H14N2O3. The van der Waals surface area contributed by atoms with E-state index in [-0.39, 0.29) is 11.5 Å². The maximum Gasteiger partial charge on any atom is 0.253 e. The van der Waals surface area contributed by atoms with Gasteiger partial charge in [0.05, 0.1) is 11.3 Å². The lowest BCUT2D eigenvalue weighted by Gasteiger charge is -2.12. The highest BCUT2D eigenvalue weighted by atomic mass is 16.5. The van der Waals surface area contributed by atoms with Crippen LogP contribution in [0, 0.1) is 0 Å². The van der Waals surface area contributed by atoms with E-state index in [2.05, 4.69) is 5.32 Å². The number of primary amides is 1. The van der Waals surface area contributed by atoms with E-state index in [1.165, 1.54) is 7.11 Å². The predicted molar refractivity (Wildman–Crippen MR) is 60.1 cm³/mol. The van der Waals surface area contributed by atoms with Crippen molar-refractivity contribution in [2.75, 3.05) is 12.4 Å². The van der Waals surface area contributed by atoms with Crippen LogP contribution in [0.25, 0.3) is 0 Å². The lowest BCUT2D eigenvalue weighted by molar-refractivity contribution is -0.124. The van der Waals surface area contributed by atoms with Crippen LogP contribution >= 0.6 is 0 Å². The summed E-state index contributed by atoms with van der Waals surface area (Å²) in [4.78, 5) is 22.6. The summed E-state index contributed by atoms with van der Waals surface area (Å²) < 4.78 is 4.86. The van der Waals surface area contributed by atoms with E-state index in [1.54, 1.807) is 31.2 Å². The van der Waals surface area contributed by atoms with E-state index in [0.717, 1.165) is 0 Å². The first-order chi connectivity index (χ1) is 7.56. The number of hydrogen-bond acceptors (Lipinski definition) is 3. The minimum atomic E-state index is -0.582. The number of nitrogens with two attached hydrogens (primary N) is 1. The van der Waals surface area contributed by atoms with E-state index in [4.69, 9.17) is 10.5 Å². The Balaban J connectivity index is 2.89. The van der Waals surface area contributed by atoms with Crippen LogP contribution in [0.2, 0.25) is 0 Å². The summed E-state index contributed by atoms with van der Waals surface area (Å²) in [5, 5.41) is 2.58. The van der Waals surface area contributed by atoms with Crippen molar-refractivity contribution >= 4 is 17.5 Å². The highest BCUT2D eigenvalue weighted by Gasteiger charge is 2.14. The van der Waals surface area contributed by atoms with Crippen molar-refractivity contribution in [3.63, 3.8) is 0 Å². The molecule has 1 unspecified atom stereocenters. The molecule has 1 aromatic rings. The molecule has 0 radical (unpaired) electrons. The number of nitrogens with one attached hydrogen (secondary N) is 1. The third-order valence-electron chi connectivity index (χ3n) is 2.17. The van der Waals surface area contributed by atoms with Crippen LogP contribution in [0.1, 0.15) is 17.3 Å². The number of benzene rings is 1. The second-order valence-corrected chi connectivity index (χ2v) is 3.28. The fourth-order valence-corrected chi connectivity index (χ4v) is 1.15. The number of hydrogen-bond donors (Lipinski definition) is 2. The van der Waals surface area contributed by atoms with Gasteiger partial charge >= 0.3 is 0 Å². The van der Waals surface area contributed by atoms with Crippen LogP contribution < -0.4 is 11.1 Å². The number of anilines is 1. The average molecular weight is 222 g/mol. The summed E-state index contributed by atoms with van der Waals surface area (Å²) in [6.07, 6.45) is -0.582. The monoisotopic (exact) mass is 222 g/mol. The number of ether oxygens (including phenoxy) is 1. The van der Waals surface area contributed by atoms with Crippen LogP contribution in [0.3, 0.4) is 0 Å². The minimum absolute atomic E-state index is 0.277. The Bertz CT molecular complexity index is 404. The molecule has 16 heavy (non-hydrogen) atoms. The van der Waals surface area contributed by atoms with Crippen molar-refractivity contribution in [2.45, 2.75) is 13.0 Å². The van der Waals surface area contributed by atoms with Gasteiger partial charge in [-0.2, -0.15) is 0 Å². The molecule has 5 heteroatoms. The summed E-state index contributed by atoms with van der Waals surface area (Å²) >= 11 is 0. The Morgan fingerprint density at radius 3 is 2.56 bits per heavy atom. The SMILES string of the molecule is COC(C)C(=O)Nc1ccccc1C(N)=O. The van der Waals surface area contributed by atoms with E-state index in [9.17, 15) is 9.59 Å². The van der Waals surface area contributed by atoms with Crippen molar-refractivity contribution in [1.82, 2.24) is 0 Å².